The number of nitrogens with one attached hydrogen (secondary N) is 1. The Morgan fingerprint density at radius 2 is 1.84 bits per heavy atom. The summed E-state index contributed by atoms with van der Waals surface area (Å²) in [6, 6.07) is 9.62. The van der Waals surface area contributed by atoms with Gasteiger partial charge in [-0.3, -0.25) is 9.59 Å². The Morgan fingerprint density at radius 1 is 1.16 bits per heavy atom. The molecule has 0 radical (unpaired) electrons. The summed E-state index contributed by atoms with van der Waals surface area (Å²) in [6.45, 7) is 5.41. The van der Waals surface area contributed by atoms with E-state index >= 15 is 0 Å². The summed E-state index contributed by atoms with van der Waals surface area (Å²) in [4.78, 5) is 24.8. The van der Waals surface area contributed by atoms with Gasteiger partial charge in [-0.1, -0.05) is 37.3 Å². The lowest BCUT2D eigenvalue weighted by Gasteiger charge is -2.20. The van der Waals surface area contributed by atoms with Gasteiger partial charge in [-0.15, -0.1) is 0 Å². The van der Waals surface area contributed by atoms with E-state index in [1.165, 1.54) is 0 Å². The standard InChI is InChI=1S/C15H22N2O2/c1-3-10-17(13(2)18)11-9-16-15(19)12-14-7-5-4-6-8-14/h4-8H,3,9-12H2,1-2H3,(H,16,19). The van der Waals surface area contributed by atoms with Crippen molar-refractivity contribution in [1.82, 2.24) is 10.2 Å². The van der Waals surface area contributed by atoms with E-state index in [4.69, 9.17) is 0 Å². The van der Waals surface area contributed by atoms with Crippen molar-refractivity contribution in [2.75, 3.05) is 19.6 Å². The first-order valence-corrected chi connectivity index (χ1v) is 6.69. The second-order valence-corrected chi connectivity index (χ2v) is 4.52. The van der Waals surface area contributed by atoms with Crippen molar-refractivity contribution in [3.63, 3.8) is 0 Å². The van der Waals surface area contributed by atoms with Gasteiger partial charge in [0.05, 0.1) is 6.42 Å². The number of benzene rings is 1. The number of nitrogens with zero attached hydrogens (tertiary/aromatic N) is 1. The van der Waals surface area contributed by atoms with Crippen molar-refractivity contribution in [3.8, 4) is 0 Å². The second-order valence-electron chi connectivity index (χ2n) is 4.52. The summed E-state index contributed by atoms with van der Waals surface area (Å²) in [6.07, 6.45) is 1.31. The monoisotopic (exact) mass is 262 g/mol. The molecule has 19 heavy (non-hydrogen) atoms. The summed E-state index contributed by atoms with van der Waals surface area (Å²) >= 11 is 0. The van der Waals surface area contributed by atoms with Crippen molar-refractivity contribution in [2.24, 2.45) is 0 Å². The average molecular weight is 262 g/mol. The van der Waals surface area contributed by atoms with Crippen LogP contribution >= 0.6 is 0 Å². The van der Waals surface area contributed by atoms with Gasteiger partial charge < -0.3 is 10.2 Å². The first-order chi connectivity index (χ1) is 9.13. The number of carbonyl (C=O) groups is 2. The Bertz CT molecular complexity index is 404. The molecule has 0 bridgehead atoms. The van der Waals surface area contributed by atoms with Crippen LogP contribution in [0.4, 0.5) is 0 Å². The molecule has 0 spiro atoms. The first-order valence-electron chi connectivity index (χ1n) is 6.69. The SMILES string of the molecule is CCCN(CCNC(=O)Cc1ccccc1)C(C)=O. The van der Waals surface area contributed by atoms with Gasteiger partial charge in [-0.25, -0.2) is 0 Å². The van der Waals surface area contributed by atoms with Gasteiger partial charge in [0.2, 0.25) is 11.8 Å². The van der Waals surface area contributed by atoms with E-state index in [9.17, 15) is 9.59 Å². The van der Waals surface area contributed by atoms with Crippen molar-refractivity contribution < 1.29 is 9.59 Å². The Balaban J connectivity index is 2.28. The van der Waals surface area contributed by atoms with Crippen LogP contribution in [0.1, 0.15) is 25.8 Å². The number of hydrogen-bond acceptors (Lipinski definition) is 2. The lowest BCUT2D eigenvalue weighted by atomic mass is 10.1. The predicted molar refractivity (Wildman–Crippen MR) is 75.7 cm³/mol. The minimum absolute atomic E-state index is 0.00815. The van der Waals surface area contributed by atoms with Crippen LogP contribution in [0.25, 0.3) is 0 Å². The Labute approximate surface area is 114 Å². The van der Waals surface area contributed by atoms with E-state index < -0.39 is 0 Å². The molecule has 0 aromatic heterocycles. The van der Waals surface area contributed by atoms with Gasteiger partial charge in [0.1, 0.15) is 0 Å². The number of rotatable bonds is 7. The van der Waals surface area contributed by atoms with E-state index in [1.54, 1.807) is 11.8 Å². The number of amides is 2. The summed E-state index contributed by atoms with van der Waals surface area (Å²) in [5, 5.41) is 2.84. The van der Waals surface area contributed by atoms with Gasteiger partial charge in [0.15, 0.2) is 0 Å². The lowest BCUT2D eigenvalue weighted by Crippen LogP contribution is -2.38. The Kier molecular flexibility index (Phi) is 6.64. The highest BCUT2D eigenvalue weighted by atomic mass is 16.2. The molecule has 0 aliphatic rings. The Hall–Kier alpha value is -1.84. The molecule has 0 unspecified atom stereocenters. The van der Waals surface area contributed by atoms with E-state index in [0.29, 0.717) is 19.5 Å². The van der Waals surface area contributed by atoms with Crippen molar-refractivity contribution >= 4 is 11.8 Å². The molecule has 104 valence electrons. The highest BCUT2D eigenvalue weighted by Crippen LogP contribution is 1.99. The lowest BCUT2D eigenvalue weighted by molar-refractivity contribution is -0.129. The third-order valence-corrected chi connectivity index (χ3v) is 2.85. The second kappa shape index (κ2) is 8.29. The maximum Gasteiger partial charge on any atom is 0.224 e. The number of hydrogen-bond donors (Lipinski definition) is 1. The molecule has 0 saturated heterocycles. The molecule has 0 atom stereocenters. The molecule has 0 heterocycles. The highest BCUT2D eigenvalue weighted by Gasteiger charge is 2.08. The zero-order valence-electron chi connectivity index (χ0n) is 11.7. The normalized spacial score (nSPS) is 10.0. The third-order valence-electron chi connectivity index (χ3n) is 2.85. The molecular weight excluding hydrogens is 240 g/mol. The van der Waals surface area contributed by atoms with Crippen molar-refractivity contribution in [1.29, 1.82) is 0 Å². The van der Waals surface area contributed by atoms with E-state index in [0.717, 1.165) is 18.5 Å². The smallest absolute Gasteiger partial charge is 0.224 e. The molecule has 0 aliphatic heterocycles. The van der Waals surface area contributed by atoms with Crippen LogP contribution in [0.15, 0.2) is 30.3 Å². The van der Waals surface area contributed by atoms with Gasteiger partial charge in [-0.2, -0.15) is 0 Å². The van der Waals surface area contributed by atoms with Gasteiger partial charge in [0, 0.05) is 26.6 Å². The predicted octanol–water partition coefficient (Wildman–Crippen LogP) is 1.60. The molecule has 1 rings (SSSR count). The van der Waals surface area contributed by atoms with Gasteiger partial charge >= 0.3 is 0 Å². The fraction of sp³-hybridized carbons (Fsp3) is 0.467. The minimum Gasteiger partial charge on any atom is -0.354 e. The van der Waals surface area contributed by atoms with Crippen molar-refractivity contribution in [2.45, 2.75) is 26.7 Å². The quantitative estimate of drug-likeness (QED) is 0.811. The first kappa shape index (κ1) is 15.2. The summed E-state index contributed by atoms with van der Waals surface area (Å²) in [7, 11) is 0. The molecule has 0 saturated carbocycles. The van der Waals surface area contributed by atoms with Crippen LogP contribution in [0, 0.1) is 0 Å². The van der Waals surface area contributed by atoms with Gasteiger partial charge in [0.25, 0.3) is 0 Å². The molecule has 4 heteroatoms. The van der Waals surface area contributed by atoms with Crippen molar-refractivity contribution in [3.05, 3.63) is 35.9 Å². The van der Waals surface area contributed by atoms with E-state index in [-0.39, 0.29) is 11.8 Å². The maximum atomic E-state index is 11.7. The minimum atomic E-state index is -0.00815. The zero-order chi connectivity index (χ0) is 14.1. The molecule has 4 nitrogen and oxygen atoms in total. The molecule has 2 amide bonds. The van der Waals surface area contributed by atoms with Crippen LogP contribution in [-0.2, 0) is 16.0 Å². The fourth-order valence-corrected chi connectivity index (χ4v) is 1.87. The van der Waals surface area contributed by atoms with E-state index in [1.807, 2.05) is 37.3 Å². The molecular formula is C15H22N2O2. The molecule has 0 aliphatic carbocycles. The topological polar surface area (TPSA) is 49.4 Å². The largest absolute Gasteiger partial charge is 0.354 e. The van der Waals surface area contributed by atoms with E-state index in [2.05, 4.69) is 5.32 Å². The van der Waals surface area contributed by atoms with Crippen LogP contribution in [0.5, 0.6) is 0 Å². The van der Waals surface area contributed by atoms with Crippen LogP contribution in [-0.4, -0.2) is 36.3 Å². The average Bonchev–Trinajstić information content (AvgIpc) is 2.38. The molecule has 1 N–H and O–H groups in total. The number of carbonyl (C=O) groups excluding carboxylic acids is 2. The summed E-state index contributed by atoms with van der Waals surface area (Å²) < 4.78 is 0. The highest BCUT2D eigenvalue weighted by molar-refractivity contribution is 5.78. The van der Waals surface area contributed by atoms with Crippen LogP contribution in [0.2, 0.25) is 0 Å². The van der Waals surface area contributed by atoms with Gasteiger partial charge in [-0.05, 0) is 12.0 Å². The zero-order valence-corrected chi connectivity index (χ0v) is 11.7. The fourth-order valence-electron chi connectivity index (χ4n) is 1.87. The van der Waals surface area contributed by atoms with Crippen LogP contribution in [0.3, 0.4) is 0 Å². The molecule has 0 fully saturated rings. The Morgan fingerprint density at radius 3 is 2.42 bits per heavy atom. The maximum absolute atomic E-state index is 11.7. The molecule has 1 aromatic rings. The van der Waals surface area contributed by atoms with Crippen LogP contribution < -0.4 is 5.32 Å². The summed E-state index contributed by atoms with van der Waals surface area (Å²) in [5.41, 5.74) is 0.997. The molecule has 1 aromatic carbocycles. The summed E-state index contributed by atoms with van der Waals surface area (Å²) in [5.74, 6) is 0.0466. The third kappa shape index (κ3) is 6.04.